The lowest BCUT2D eigenvalue weighted by Gasteiger charge is -2.63. The zero-order valence-electron chi connectivity index (χ0n) is 22.8. The summed E-state index contributed by atoms with van der Waals surface area (Å²) in [5.74, 6) is -2.07. The van der Waals surface area contributed by atoms with Crippen molar-refractivity contribution < 1.29 is 39.0 Å². The van der Waals surface area contributed by atoms with Crippen LogP contribution in [0.3, 0.4) is 0 Å². The largest absolute Gasteiger partial charge is 0.354 e. The number of ketones is 1. The average Bonchev–Trinajstić information content (AvgIpc) is 3.23. The Morgan fingerprint density at radius 3 is 2.49 bits per heavy atom. The van der Waals surface area contributed by atoms with Gasteiger partial charge < -0.3 is 19.6 Å². The molecule has 0 aromatic carbocycles. The van der Waals surface area contributed by atoms with E-state index in [0.29, 0.717) is 24.8 Å². The second kappa shape index (κ2) is 8.68. The summed E-state index contributed by atoms with van der Waals surface area (Å²) in [6, 6.07) is 0. The summed E-state index contributed by atoms with van der Waals surface area (Å²) in [7, 11) is 0. The molecule has 0 radical (unpaired) electrons. The minimum atomic E-state index is -2.20. The zero-order valence-corrected chi connectivity index (χ0v) is 22.8. The Labute approximate surface area is 225 Å². The van der Waals surface area contributed by atoms with E-state index in [1.54, 1.807) is 20.8 Å². The second-order valence-corrected chi connectivity index (χ2v) is 13.1. The van der Waals surface area contributed by atoms with Crippen LogP contribution in [0.1, 0.15) is 60.3 Å². The summed E-state index contributed by atoms with van der Waals surface area (Å²) < 4.78 is 24.0. The minimum Gasteiger partial charge on any atom is -0.354 e. The molecule has 13 heteroatoms. The van der Waals surface area contributed by atoms with Crippen LogP contribution in [-0.4, -0.2) is 62.5 Å². The maximum atomic E-state index is 17.8. The lowest BCUT2D eigenvalue weighted by Crippen LogP contribution is -2.69. The van der Waals surface area contributed by atoms with Gasteiger partial charge in [0.05, 0.1) is 12.1 Å². The lowest BCUT2D eigenvalue weighted by atomic mass is 9.45. The van der Waals surface area contributed by atoms with E-state index < -0.39 is 62.5 Å². The normalized spacial score (nSPS) is 46.6. The van der Waals surface area contributed by atoms with E-state index in [0.717, 1.165) is 5.06 Å². The molecule has 1 aliphatic heterocycles. The molecule has 0 bridgehead atoms. The van der Waals surface area contributed by atoms with E-state index in [2.05, 4.69) is 0 Å². The van der Waals surface area contributed by atoms with Gasteiger partial charge in [-0.25, -0.2) is 4.39 Å². The Morgan fingerprint density at radius 1 is 1.21 bits per heavy atom. The molecule has 5 aliphatic rings. The van der Waals surface area contributed by atoms with Gasteiger partial charge in [-0.15, -0.1) is 20.2 Å². The van der Waals surface area contributed by atoms with Crippen LogP contribution in [0, 0.1) is 54.7 Å². The van der Waals surface area contributed by atoms with Crippen molar-refractivity contribution in [3.05, 3.63) is 44.0 Å². The maximum Gasteiger partial charge on any atom is 0.294 e. The van der Waals surface area contributed by atoms with Gasteiger partial charge in [-0.3, -0.25) is 4.79 Å². The van der Waals surface area contributed by atoms with E-state index in [1.165, 1.54) is 18.2 Å². The highest BCUT2D eigenvalue weighted by Gasteiger charge is 2.75. The fourth-order valence-corrected chi connectivity index (χ4v) is 9.21. The van der Waals surface area contributed by atoms with Gasteiger partial charge in [0.1, 0.15) is 12.7 Å². The first-order valence-electron chi connectivity index (χ1n) is 13.4. The number of rotatable bonds is 6. The smallest absolute Gasteiger partial charge is 0.294 e. The third kappa shape index (κ3) is 3.68. The summed E-state index contributed by atoms with van der Waals surface area (Å²) in [6.45, 7) is 8.45. The first kappa shape index (κ1) is 27.9. The topological polar surface area (TPSA) is 155 Å². The van der Waals surface area contributed by atoms with Crippen LogP contribution in [0.4, 0.5) is 4.39 Å². The number of allylic oxidation sites excluding steroid dienone is 4. The Morgan fingerprint density at radius 2 is 1.90 bits per heavy atom. The number of fused-ring (bicyclic) bond motifs is 5. The SMILES string of the molecule is CC1CC2C3CCC4=CC(=O)C=CC4(C)[C@@]3(F)C(O[N+](=O)[O-])CC2(C)C1C1(CO[N+](=O)[O-])OCC(C)(C)N1O. The zero-order chi connectivity index (χ0) is 28.8. The predicted octanol–water partition coefficient (Wildman–Crippen LogP) is 3.84. The molecule has 216 valence electrons. The molecule has 4 fully saturated rings. The summed E-state index contributed by atoms with van der Waals surface area (Å²) in [6.07, 6.45) is 3.99. The Balaban J connectivity index is 1.64. The quantitative estimate of drug-likeness (QED) is 0.379. The Hall–Kier alpha value is -2.64. The molecule has 4 aliphatic carbocycles. The van der Waals surface area contributed by atoms with Gasteiger partial charge >= 0.3 is 0 Å². The molecule has 3 saturated carbocycles. The van der Waals surface area contributed by atoms with Crippen LogP contribution in [-0.2, 0) is 19.2 Å². The molecule has 0 spiro atoms. The molecule has 5 rings (SSSR count). The van der Waals surface area contributed by atoms with E-state index in [1.807, 2.05) is 13.8 Å². The van der Waals surface area contributed by atoms with Gasteiger partial charge in [-0.05, 0) is 75.9 Å². The lowest BCUT2D eigenvalue weighted by molar-refractivity contribution is -0.775. The van der Waals surface area contributed by atoms with Crippen LogP contribution in [0.25, 0.3) is 0 Å². The summed E-state index contributed by atoms with van der Waals surface area (Å²) in [5, 5.41) is 33.5. The summed E-state index contributed by atoms with van der Waals surface area (Å²) in [5.41, 5.74) is -6.31. The highest BCUT2D eigenvalue weighted by Crippen LogP contribution is 2.72. The van der Waals surface area contributed by atoms with Crippen LogP contribution in [0.15, 0.2) is 23.8 Å². The van der Waals surface area contributed by atoms with Gasteiger partial charge in [0, 0.05) is 17.3 Å². The molecule has 0 aromatic rings. The number of hydrogen-bond acceptors (Lipinski definition) is 10. The number of nitrogens with zero attached hydrogens (tertiary/aromatic N) is 3. The van der Waals surface area contributed by atoms with Gasteiger partial charge in [-0.2, -0.15) is 5.06 Å². The first-order chi connectivity index (χ1) is 18.0. The molecule has 0 amide bonds. The minimum absolute atomic E-state index is 0.0604. The highest BCUT2D eigenvalue weighted by atomic mass is 19.1. The van der Waals surface area contributed by atoms with Gasteiger partial charge in [0.25, 0.3) is 10.2 Å². The van der Waals surface area contributed by atoms with Crippen molar-refractivity contribution in [3.63, 3.8) is 0 Å². The molecule has 1 saturated heterocycles. The predicted molar refractivity (Wildman–Crippen MR) is 132 cm³/mol. The number of halogens is 1. The molecule has 12 nitrogen and oxygen atoms in total. The van der Waals surface area contributed by atoms with Crippen molar-refractivity contribution in [1.29, 1.82) is 0 Å². The molecule has 1 N–H and O–H groups in total. The molecular weight excluding hydrogens is 517 g/mol. The fraction of sp³-hybridized carbons (Fsp3) is 0.808. The Bertz CT molecular complexity index is 1160. The van der Waals surface area contributed by atoms with E-state index in [-0.39, 0.29) is 30.6 Å². The average molecular weight is 554 g/mol. The van der Waals surface area contributed by atoms with Crippen molar-refractivity contribution in [2.75, 3.05) is 13.2 Å². The fourth-order valence-electron chi connectivity index (χ4n) is 9.21. The number of carbonyl (C=O) groups is 1. The standard InChI is InChI=1S/C26H36FN3O9/c1-15-10-19-18-7-6-16-11-17(31)8-9-24(16,5)26(18,27)20(39-30(35)36)12-23(19,4)21(15)25(14-38-29(33)34)28(32)22(2,3)13-37-25/h8-9,11,15,18-21,32H,6-7,10,12-14H2,1-5H3/t15?,18?,19?,20?,21?,23?,24?,25?,26-/m0/s1. The van der Waals surface area contributed by atoms with E-state index in [9.17, 15) is 30.2 Å². The molecule has 39 heavy (non-hydrogen) atoms. The highest BCUT2D eigenvalue weighted by molar-refractivity contribution is 6.01. The van der Waals surface area contributed by atoms with Crippen LogP contribution in [0.5, 0.6) is 0 Å². The summed E-state index contributed by atoms with van der Waals surface area (Å²) in [4.78, 5) is 45.2. The Kier molecular flexibility index (Phi) is 6.21. The second-order valence-electron chi connectivity index (χ2n) is 13.1. The van der Waals surface area contributed by atoms with Crippen LogP contribution in [0.2, 0.25) is 0 Å². The number of carbonyl (C=O) groups excluding carboxylic acids is 1. The van der Waals surface area contributed by atoms with E-state index >= 15 is 4.39 Å². The third-order valence-electron chi connectivity index (χ3n) is 10.6. The van der Waals surface area contributed by atoms with Crippen molar-refractivity contribution in [1.82, 2.24) is 5.06 Å². The van der Waals surface area contributed by atoms with Crippen molar-refractivity contribution >= 4 is 5.78 Å². The van der Waals surface area contributed by atoms with Crippen molar-refractivity contribution in [2.45, 2.75) is 83.3 Å². The van der Waals surface area contributed by atoms with Crippen LogP contribution >= 0.6 is 0 Å². The number of ether oxygens (including phenoxy) is 1. The van der Waals surface area contributed by atoms with Gasteiger partial charge in [-0.1, -0.05) is 25.5 Å². The first-order valence-corrected chi connectivity index (χ1v) is 13.4. The van der Waals surface area contributed by atoms with Crippen molar-refractivity contribution in [2.24, 2.45) is 34.5 Å². The maximum absolute atomic E-state index is 17.8. The van der Waals surface area contributed by atoms with Gasteiger partial charge in [0.2, 0.25) is 0 Å². The third-order valence-corrected chi connectivity index (χ3v) is 10.6. The van der Waals surface area contributed by atoms with Gasteiger partial charge in [0.15, 0.2) is 17.2 Å². The molecule has 0 aromatic heterocycles. The number of hydroxylamine groups is 2. The monoisotopic (exact) mass is 553 g/mol. The molecule has 8 unspecified atom stereocenters. The molecule has 1 heterocycles. The van der Waals surface area contributed by atoms with E-state index in [4.69, 9.17) is 14.4 Å². The summed E-state index contributed by atoms with van der Waals surface area (Å²) >= 11 is 0. The molecular formula is C26H36FN3O9. The number of alkyl halides is 1. The number of hydrogen-bond donors (Lipinski definition) is 1. The molecule has 9 atom stereocenters. The van der Waals surface area contributed by atoms with Crippen LogP contribution < -0.4 is 0 Å². The van der Waals surface area contributed by atoms with Crippen molar-refractivity contribution in [3.8, 4) is 0 Å².